The van der Waals surface area contributed by atoms with Gasteiger partial charge in [0.15, 0.2) is 0 Å². The lowest BCUT2D eigenvalue weighted by molar-refractivity contribution is 0.589. The summed E-state index contributed by atoms with van der Waals surface area (Å²) in [5.41, 5.74) is 15.3. The molecule has 11 rings (SSSR count). The average Bonchev–Trinajstić information content (AvgIpc) is 3.99. The topological polar surface area (TPSA) is 4.41 Å². The number of benzene rings is 7. The van der Waals surface area contributed by atoms with Crippen LogP contribution in [0.15, 0.2) is 164 Å². The number of hydrogen-bond donors (Lipinski definition) is 0. The Kier molecular flexibility index (Phi) is 8.76. The highest BCUT2D eigenvalue weighted by Gasteiger charge is 2.25. The van der Waals surface area contributed by atoms with E-state index in [1.54, 1.807) is 0 Å². The van der Waals surface area contributed by atoms with Gasteiger partial charge in [-0.3, -0.25) is 0 Å². The molecule has 0 spiro atoms. The third kappa shape index (κ3) is 6.26. The summed E-state index contributed by atoms with van der Waals surface area (Å²) in [6, 6.07) is 62.2. The van der Waals surface area contributed by atoms with Gasteiger partial charge in [0.25, 0.3) is 0 Å². The summed E-state index contributed by atoms with van der Waals surface area (Å²) < 4.78 is 8.16. The minimum atomic E-state index is 0.162. The Bertz CT molecular complexity index is 3270. The molecule has 4 aromatic heterocycles. The minimum Gasteiger partial charge on any atom is -0.305 e. The van der Waals surface area contributed by atoms with Gasteiger partial charge in [-0.15, -0.1) is 22.7 Å². The van der Waals surface area contributed by atoms with Crippen LogP contribution < -0.4 is 0 Å². The van der Waals surface area contributed by atoms with Gasteiger partial charge in [-0.25, -0.2) is 0 Å². The summed E-state index contributed by atoms with van der Waals surface area (Å²) in [6.07, 6.45) is 3.07. The van der Waals surface area contributed by atoms with Crippen molar-refractivity contribution in [1.82, 2.24) is 4.40 Å². The second kappa shape index (κ2) is 14.2. The normalized spacial score (nSPS) is 13.5. The van der Waals surface area contributed by atoms with Crippen molar-refractivity contribution in [2.45, 2.75) is 64.2 Å². The molecular formula is C56H47NS2. The monoisotopic (exact) mass is 797 g/mol. The van der Waals surface area contributed by atoms with Crippen LogP contribution in [0.5, 0.6) is 0 Å². The van der Waals surface area contributed by atoms with Gasteiger partial charge in [-0.2, -0.15) is 0 Å². The predicted octanol–water partition coefficient (Wildman–Crippen LogP) is 16.0. The second-order valence-corrected chi connectivity index (χ2v) is 19.8. The quantitative estimate of drug-likeness (QED) is 0.137. The maximum absolute atomic E-state index is 2.63. The van der Waals surface area contributed by atoms with Crippen molar-refractivity contribution in [1.29, 1.82) is 0 Å². The van der Waals surface area contributed by atoms with E-state index in [1.807, 2.05) is 22.7 Å². The maximum Gasteiger partial charge on any atom is 0.0728 e. The highest BCUT2D eigenvalue weighted by molar-refractivity contribution is 7.27. The molecule has 1 unspecified atom stereocenters. The molecule has 0 aliphatic heterocycles. The van der Waals surface area contributed by atoms with Gasteiger partial charge in [0.1, 0.15) is 0 Å². The summed E-state index contributed by atoms with van der Waals surface area (Å²) in [4.78, 5) is 0. The molecule has 7 aromatic carbocycles. The van der Waals surface area contributed by atoms with E-state index < -0.39 is 0 Å². The largest absolute Gasteiger partial charge is 0.305 e. The van der Waals surface area contributed by atoms with Gasteiger partial charge in [0, 0.05) is 42.8 Å². The zero-order chi connectivity index (χ0) is 39.8. The van der Waals surface area contributed by atoms with E-state index in [0.29, 0.717) is 11.8 Å². The van der Waals surface area contributed by atoms with Crippen molar-refractivity contribution in [3.8, 4) is 0 Å². The zero-order valence-corrected chi connectivity index (χ0v) is 35.8. The van der Waals surface area contributed by atoms with Crippen molar-refractivity contribution < 1.29 is 0 Å². The summed E-state index contributed by atoms with van der Waals surface area (Å²) in [7, 11) is 0. The highest BCUT2D eigenvalue weighted by Crippen LogP contribution is 2.50. The number of aromatic nitrogens is 1. The fourth-order valence-corrected chi connectivity index (χ4v) is 12.2. The molecule has 1 nitrogen and oxygen atoms in total. The van der Waals surface area contributed by atoms with Crippen LogP contribution in [0.4, 0.5) is 0 Å². The van der Waals surface area contributed by atoms with Gasteiger partial charge in [0.2, 0.25) is 0 Å². The number of aryl methyl sites for hydroxylation is 2. The van der Waals surface area contributed by atoms with E-state index in [-0.39, 0.29) is 5.41 Å². The van der Waals surface area contributed by atoms with Crippen LogP contribution in [0.3, 0.4) is 0 Å². The van der Waals surface area contributed by atoms with Crippen LogP contribution in [-0.4, -0.2) is 4.40 Å². The van der Waals surface area contributed by atoms with E-state index in [0.717, 1.165) is 19.3 Å². The molecule has 59 heavy (non-hydrogen) atoms. The molecular weight excluding hydrogens is 751 g/mol. The lowest BCUT2D eigenvalue weighted by Gasteiger charge is -2.20. The standard InChI is InChI=1S/C56H47NS2/c1-35-18-24-40(25-19-35)48(39-14-9-6-10-15-39)32-37-23-30-44-49(33-37)58-54-46-16-11-17-47-51(46)57(52(44)54)53-45-31-26-41(34-50(45)59-55(47)53)43(38-12-7-5-8-13-38)29-22-36-20-27-42(28-21-36)56(2,3)4/h5-21,23-28,30-31,33-34,43,48H,22,29,32H2,1-4H3/t43-,48?/m1/s1. The average molecular weight is 798 g/mol. The third-order valence-corrected chi connectivity index (χ3v) is 15.2. The first-order valence-corrected chi connectivity index (χ1v) is 22.7. The lowest BCUT2D eigenvalue weighted by Crippen LogP contribution is -2.10. The Balaban J connectivity index is 1.00. The van der Waals surface area contributed by atoms with Gasteiger partial charge < -0.3 is 4.40 Å². The van der Waals surface area contributed by atoms with Gasteiger partial charge in [-0.05, 0) is 82.7 Å². The number of fused-ring (bicyclic) bond motifs is 10. The molecule has 4 heterocycles. The Labute approximate surface area is 354 Å². The number of rotatable bonds is 9. The molecule has 0 aliphatic rings. The van der Waals surface area contributed by atoms with E-state index in [1.165, 1.54) is 101 Å². The van der Waals surface area contributed by atoms with Crippen LogP contribution in [0, 0.1) is 6.92 Å². The Hall–Kier alpha value is -5.74. The molecule has 2 atom stereocenters. The maximum atomic E-state index is 2.63. The van der Waals surface area contributed by atoms with Crippen LogP contribution in [0.25, 0.3) is 56.9 Å². The summed E-state index contributed by atoms with van der Waals surface area (Å²) in [5, 5.41) is 5.45. The first-order chi connectivity index (χ1) is 28.8. The molecule has 0 N–H and O–H groups in total. The molecule has 0 saturated heterocycles. The molecule has 3 heteroatoms. The minimum absolute atomic E-state index is 0.162. The summed E-state index contributed by atoms with van der Waals surface area (Å²) in [6.45, 7) is 9.04. The highest BCUT2D eigenvalue weighted by atomic mass is 32.1. The number of thiophene rings is 2. The fourth-order valence-electron chi connectivity index (χ4n) is 9.71. The van der Waals surface area contributed by atoms with E-state index in [4.69, 9.17) is 0 Å². The molecule has 0 bridgehead atoms. The van der Waals surface area contributed by atoms with Crippen molar-refractivity contribution >= 4 is 79.6 Å². The zero-order valence-electron chi connectivity index (χ0n) is 34.1. The van der Waals surface area contributed by atoms with Crippen LogP contribution in [0.2, 0.25) is 0 Å². The van der Waals surface area contributed by atoms with Crippen LogP contribution >= 0.6 is 22.7 Å². The lowest BCUT2D eigenvalue weighted by atomic mass is 9.84. The smallest absolute Gasteiger partial charge is 0.0728 e. The van der Waals surface area contributed by atoms with Gasteiger partial charge in [0.05, 0.1) is 25.9 Å². The van der Waals surface area contributed by atoms with Crippen molar-refractivity contribution in [3.05, 3.63) is 208 Å². The summed E-state index contributed by atoms with van der Waals surface area (Å²) in [5.74, 6) is 0.619. The third-order valence-electron chi connectivity index (χ3n) is 12.9. The molecule has 11 aromatic rings. The first-order valence-electron chi connectivity index (χ1n) is 21.1. The molecule has 0 saturated carbocycles. The SMILES string of the molecule is Cc1ccc(C(Cc2ccc3c(c2)sc2c4cccc5c6sc7cc([C@H](CCc8ccc(C(C)(C)C)cc8)c8ccccc8)ccc7c6n(c45)c32)c2ccccc2)cc1. The number of nitrogens with zero attached hydrogens (tertiary/aromatic N) is 1. The molecule has 0 radical (unpaired) electrons. The Morgan fingerprint density at radius 3 is 1.64 bits per heavy atom. The molecule has 0 fully saturated rings. The number of hydrogen-bond acceptors (Lipinski definition) is 2. The molecule has 0 aliphatic carbocycles. The van der Waals surface area contributed by atoms with Crippen LogP contribution in [-0.2, 0) is 18.3 Å². The number of para-hydroxylation sites is 1. The Morgan fingerprint density at radius 1 is 0.475 bits per heavy atom. The molecule has 0 amide bonds. The van der Waals surface area contributed by atoms with Gasteiger partial charge in [-0.1, -0.05) is 178 Å². The van der Waals surface area contributed by atoms with E-state index >= 15 is 0 Å². The van der Waals surface area contributed by atoms with E-state index in [9.17, 15) is 0 Å². The van der Waals surface area contributed by atoms with Crippen molar-refractivity contribution in [2.24, 2.45) is 0 Å². The Morgan fingerprint density at radius 2 is 1.02 bits per heavy atom. The second-order valence-electron chi connectivity index (χ2n) is 17.7. The van der Waals surface area contributed by atoms with Crippen molar-refractivity contribution in [2.75, 3.05) is 0 Å². The molecule has 288 valence electrons. The summed E-state index contributed by atoms with van der Waals surface area (Å²) >= 11 is 3.93. The van der Waals surface area contributed by atoms with Crippen molar-refractivity contribution in [3.63, 3.8) is 0 Å². The van der Waals surface area contributed by atoms with E-state index in [2.05, 4.69) is 196 Å². The first kappa shape index (κ1) is 36.3. The van der Waals surface area contributed by atoms with Gasteiger partial charge >= 0.3 is 0 Å². The fraction of sp³-hybridized carbons (Fsp3) is 0.179. The predicted molar refractivity (Wildman–Crippen MR) is 257 cm³/mol. The van der Waals surface area contributed by atoms with Crippen LogP contribution in [0.1, 0.15) is 83.5 Å².